The molecular weight excluding hydrogens is 248 g/mol. The van der Waals surface area contributed by atoms with Crippen molar-refractivity contribution in [3.05, 3.63) is 64.2 Å². The Bertz CT molecular complexity index is 500. The molecule has 0 aliphatic carbocycles. The highest BCUT2D eigenvalue weighted by atomic mass is 35.5. The summed E-state index contributed by atoms with van der Waals surface area (Å²) in [6.45, 7) is 2.37. The number of hydrogen-bond acceptors (Lipinski definition) is 2. The SMILES string of the molecule is Cc1cc(OCc2ccccc2)cc(Cl)c1CO. The van der Waals surface area contributed by atoms with Crippen LogP contribution in [0.3, 0.4) is 0 Å². The fourth-order valence-corrected chi connectivity index (χ4v) is 2.08. The fourth-order valence-electron chi connectivity index (χ4n) is 1.77. The highest BCUT2D eigenvalue weighted by Crippen LogP contribution is 2.26. The lowest BCUT2D eigenvalue weighted by Crippen LogP contribution is -1.97. The maximum absolute atomic E-state index is 9.17. The van der Waals surface area contributed by atoms with Crippen LogP contribution in [0.5, 0.6) is 5.75 Å². The van der Waals surface area contributed by atoms with E-state index in [-0.39, 0.29) is 6.61 Å². The zero-order chi connectivity index (χ0) is 13.0. The van der Waals surface area contributed by atoms with E-state index in [1.54, 1.807) is 6.07 Å². The first-order valence-corrected chi connectivity index (χ1v) is 6.15. The van der Waals surface area contributed by atoms with E-state index in [2.05, 4.69) is 0 Å². The summed E-state index contributed by atoms with van der Waals surface area (Å²) in [5.74, 6) is 0.721. The van der Waals surface area contributed by atoms with Crippen LogP contribution in [0.1, 0.15) is 16.7 Å². The maximum atomic E-state index is 9.17. The van der Waals surface area contributed by atoms with Gasteiger partial charge < -0.3 is 9.84 Å². The Labute approximate surface area is 112 Å². The lowest BCUT2D eigenvalue weighted by atomic mass is 10.1. The molecule has 0 spiro atoms. The maximum Gasteiger partial charge on any atom is 0.121 e. The van der Waals surface area contributed by atoms with Crippen molar-refractivity contribution < 1.29 is 9.84 Å². The van der Waals surface area contributed by atoms with E-state index in [1.165, 1.54) is 0 Å². The Balaban J connectivity index is 2.11. The molecule has 2 rings (SSSR count). The number of hydrogen-bond donors (Lipinski definition) is 1. The van der Waals surface area contributed by atoms with Crippen molar-refractivity contribution in [2.75, 3.05) is 0 Å². The minimum absolute atomic E-state index is 0.0520. The van der Waals surface area contributed by atoms with E-state index in [0.29, 0.717) is 11.6 Å². The van der Waals surface area contributed by atoms with E-state index in [1.807, 2.05) is 43.3 Å². The van der Waals surface area contributed by atoms with Crippen LogP contribution in [0.2, 0.25) is 5.02 Å². The zero-order valence-electron chi connectivity index (χ0n) is 10.2. The van der Waals surface area contributed by atoms with Crippen LogP contribution >= 0.6 is 11.6 Å². The van der Waals surface area contributed by atoms with E-state index >= 15 is 0 Å². The summed E-state index contributed by atoms with van der Waals surface area (Å²) < 4.78 is 5.69. The van der Waals surface area contributed by atoms with Gasteiger partial charge in [0.2, 0.25) is 0 Å². The molecule has 18 heavy (non-hydrogen) atoms. The van der Waals surface area contributed by atoms with E-state index < -0.39 is 0 Å². The molecule has 0 atom stereocenters. The summed E-state index contributed by atoms with van der Waals surface area (Å²) in [5.41, 5.74) is 2.80. The Morgan fingerprint density at radius 1 is 1.17 bits per heavy atom. The van der Waals surface area contributed by atoms with E-state index in [4.69, 9.17) is 16.3 Å². The molecule has 94 valence electrons. The number of halogens is 1. The molecule has 0 bridgehead atoms. The van der Waals surface area contributed by atoms with E-state index in [0.717, 1.165) is 22.4 Å². The molecule has 2 nitrogen and oxygen atoms in total. The number of aryl methyl sites for hydroxylation is 1. The lowest BCUT2D eigenvalue weighted by Gasteiger charge is -2.11. The first-order valence-electron chi connectivity index (χ1n) is 5.77. The molecule has 1 N–H and O–H groups in total. The number of rotatable bonds is 4. The molecular formula is C15H15ClO2. The van der Waals surface area contributed by atoms with Gasteiger partial charge >= 0.3 is 0 Å². The molecule has 2 aromatic carbocycles. The molecule has 2 aromatic rings. The zero-order valence-corrected chi connectivity index (χ0v) is 10.9. The number of aliphatic hydroxyl groups excluding tert-OH is 1. The Hall–Kier alpha value is -1.51. The van der Waals surface area contributed by atoms with Crippen molar-refractivity contribution in [3.8, 4) is 5.75 Å². The van der Waals surface area contributed by atoms with Crippen LogP contribution in [0.4, 0.5) is 0 Å². The van der Waals surface area contributed by atoms with E-state index in [9.17, 15) is 5.11 Å². The predicted molar refractivity (Wildman–Crippen MR) is 72.9 cm³/mol. The van der Waals surface area contributed by atoms with Crippen LogP contribution in [-0.2, 0) is 13.2 Å². The number of benzene rings is 2. The van der Waals surface area contributed by atoms with Gasteiger partial charge in [-0.25, -0.2) is 0 Å². The van der Waals surface area contributed by atoms with Crippen LogP contribution in [0.25, 0.3) is 0 Å². The van der Waals surface area contributed by atoms with Gasteiger partial charge in [-0.15, -0.1) is 0 Å². The number of aliphatic hydroxyl groups is 1. The van der Waals surface area contributed by atoms with Gasteiger partial charge in [-0.3, -0.25) is 0 Å². The molecule has 0 aromatic heterocycles. The largest absolute Gasteiger partial charge is 0.489 e. The molecule has 0 amide bonds. The Kier molecular flexibility index (Phi) is 4.24. The molecule has 0 unspecified atom stereocenters. The standard InChI is InChI=1S/C15H15ClO2/c1-11-7-13(8-15(16)14(11)9-17)18-10-12-5-3-2-4-6-12/h2-8,17H,9-10H2,1H3. The third-order valence-corrected chi connectivity index (χ3v) is 3.14. The van der Waals surface area contributed by atoms with Crippen LogP contribution < -0.4 is 4.74 Å². The van der Waals surface area contributed by atoms with Crippen molar-refractivity contribution in [1.29, 1.82) is 0 Å². The molecule has 0 fully saturated rings. The molecule has 0 saturated heterocycles. The third-order valence-electron chi connectivity index (χ3n) is 2.80. The summed E-state index contributed by atoms with van der Waals surface area (Å²) in [6, 6.07) is 13.6. The van der Waals surface area contributed by atoms with Crippen LogP contribution in [-0.4, -0.2) is 5.11 Å². The smallest absolute Gasteiger partial charge is 0.121 e. The number of ether oxygens (including phenoxy) is 1. The summed E-state index contributed by atoms with van der Waals surface area (Å²) in [4.78, 5) is 0. The topological polar surface area (TPSA) is 29.5 Å². The highest BCUT2D eigenvalue weighted by Gasteiger charge is 2.06. The van der Waals surface area contributed by atoms with Crippen LogP contribution in [0, 0.1) is 6.92 Å². The molecule has 3 heteroatoms. The fraction of sp³-hybridized carbons (Fsp3) is 0.200. The van der Waals surface area contributed by atoms with Gasteiger partial charge in [-0.2, -0.15) is 0 Å². The highest BCUT2D eigenvalue weighted by molar-refractivity contribution is 6.31. The van der Waals surface area contributed by atoms with Crippen molar-refractivity contribution in [1.82, 2.24) is 0 Å². The van der Waals surface area contributed by atoms with Crippen molar-refractivity contribution in [2.24, 2.45) is 0 Å². The Morgan fingerprint density at radius 2 is 1.89 bits per heavy atom. The second-order valence-electron chi connectivity index (χ2n) is 4.13. The second kappa shape index (κ2) is 5.89. The second-order valence-corrected chi connectivity index (χ2v) is 4.54. The van der Waals surface area contributed by atoms with Crippen LogP contribution in [0.15, 0.2) is 42.5 Å². The first-order chi connectivity index (χ1) is 8.70. The molecule has 0 aliphatic heterocycles. The molecule has 0 saturated carbocycles. The van der Waals surface area contributed by atoms with Gasteiger partial charge in [0.05, 0.1) is 11.6 Å². The van der Waals surface area contributed by atoms with Gasteiger partial charge in [0, 0.05) is 0 Å². The summed E-state index contributed by atoms with van der Waals surface area (Å²) in [7, 11) is 0. The predicted octanol–water partition coefficient (Wildman–Crippen LogP) is 3.72. The molecule has 0 heterocycles. The van der Waals surface area contributed by atoms with Crippen molar-refractivity contribution >= 4 is 11.6 Å². The quantitative estimate of drug-likeness (QED) is 0.910. The third kappa shape index (κ3) is 3.03. The van der Waals surface area contributed by atoms with Gasteiger partial charge in [-0.05, 0) is 35.7 Å². The normalized spacial score (nSPS) is 10.4. The Morgan fingerprint density at radius 3 is 2.50 bits per heavy atom. The summed E-state index contributed by atoms with van der Waals surface area (Å²) in [6.07, 6.45) is 0. The molecule has 0 radical (unpaired) electrons. The van der Waals surface area contributed by atoms with Gasteiger partial charge in [0.15, 0.2) is 0 Å². The van der Waals surface area contributed by atoms with Crippen molar-refractivity contribution in [2.45, 2.75) is 20.1 Å². The monoisotopic (exact) mass is 262 g/mol. The molecule has 0 aliphatic rings. The van der Waals surface area contributed by atoms with Gasteiger partial charge in [0.1, 0.15) is 12.4 Å². The summed E-state index contributed by atoms with van der Waals surface area (Å²) in [5, 5.41) is 9.71. The van der Waals surface area contributed by atoms with Gasteiger partial charge in [-0.1, -0.05) is 41.9 Å². The average molecular weight is 263 g/mol. The van der Waals surface area contributed by atoms with Gasteiger partial charge in [0.25, 0.3) is 0 Å². The minimum atomic E-state index is -0.0520. The first kappa shape index (κ1) is 12.9. The minimum Gasteiger partial charge on any atom is -0.489 e. The summed E-state index contributed by atoms with van der Waals surface area (Å²) >= 11 is 6.08. The van der Waals surface area contributed by atoms with Crippen molar-refractivity contribution in [3.63, 3.8) is 0 Å². The lowest BCUT2D eigenvalue weighted by molar-refractivity contribution is 0.280. The average Bonchev–Trinajstić information content (AvgIpc) is 2.37.